The summed E-state index contributed by atoms with van der Waals surface area (Å²) in [5.74, 6) is -0.559. The number of hydrogen-bond donors (Lipinski definition) is 0. The fourth-order valence-corrected chi connectivity index (χ4v) is 5.89. The molecule has 6 heteroatoms. The Morgan fingerprint density at radius 1 is 0.946 bits per heavy atom. The fourth-order valence-electron chi connectivity index (χ4n) is 4.98. The van der Waals surface area contributed by atoms with Gasteiger partial charge in [0.2, 0.25) is 5.91 Å². The van der Waals surface area contributed by atoms with Crippen LogP contribution >= 0.6 is 11.3 Å². The molecule has 0 spiro atoms. The summed E-state index contributed by atoms with van der Waals surface area (Å²) in [5, 5.41) is 2.04. The average molecular weight is 513 g/mol. The highest BCUT2D eigenvalue weighted by molar-refractivity contribution is 7.10. The molecule has 2 amide bonds. The van der Waals surface area contributed by atoms with E-state index in [-0.39, 0.29) is 30.2 Å². The van der Waals surface area contributed by atoms with E-state index in [4.69, 9.17) is 0 Å². The maximum atomic E-state index is 13.7. The molecule has 0 bridgehead atoms. The number of halogens is 1. The summed E-state index contributed by atoms with van der Waals surface area (Å²) in [5.41, 5.74) is 4.65. The molecule has 0 saturated heterocycles. The first kappa shape index (κ1) is 24.9. The minimum Gasteiger partial charge on any atom is -0.330 e. The molecule has 2 heterocycles. The van der Waals surface area contributed by atoms with Gasteiger partial charge in [-0.3, -0.25) is 9.59 Å². The van der Waals surface area contributed by atoms with Crippen molar-refractivity contribution in [2.75, 3.05) is 19.6 Å². The second-order valence-corrected chi connectivity index (χ2v) is 10.3. The van der Waals surface area contributed by atoms with Gasteiger partial charge in [0.25, 0.3) is 5.91 Å². The molecule has 0 aliphatic carbocycles. The lowest BCUT2D eigenvalue weighted by Crippen LogP contribution is -2.47. The molecule has 188 valence electrons. The van der Waals surface area contributed by atoms with E-state index in [1.165, 1.54) is 17.0 Å². The van der Waals surface area contributed by atoms with E-state index in [2.05, 4.69) is 6.07 Å². The number of fused-ring (bicyclic) bond motifs is 1. The van der Waals surface area contributed by atoms with E-state index in [0.717, 1.165) is 35.1 Å². The predicted octanol–water partition coefficient (Wildman–Crippen LogP) is 6.58. The van der Waals surface area contributed by atoms with Crippen LogP contribution in [0.4, 0.5) is 4.39 Å². The average Bonchev–Trinajstić information content (AvgIpc) is 3.42. The highest BCUT2D eigenvalue weighted by Gasteiger charge is 2.34. The zero-order chi connectivity index (χ0) is 25.8. The summed E-state index contributed by atoms with van der Waals surface area (Å²) in [6.07, 6.45) is 1.52. The molecule has 37 heavy (non-hydrogen) atoms. The molecular weight excluding hydrogens is 483 g/mol. The molecule has 0 N–H and O–H groups in total. The van der Waals surface area contributed by atoms with Crippen molar-refractivity contribution in [2.24, 2.45) is 0 Å². The molecule has 0 fully saturated rings. The number of amides is 2. The number of carbonyl (C=O) groups excluding carboxylic acids is 2. The number of thiophene rings is 1. The standard InChI is InChI=1S/C31H29FN2O2S/c1-2-18-33(31(36)25-10-8-23(9-11-25)22-6-4-3-5-7-22)21-29(35)34-19-16-28-27(17-20-37-28)30(34)24-12-14-26(32)15-13-24/h3-15,17,20,30H,2,16,18-19,21H2,1H3. The Bertz CT molecular complexity index is 1370. The maximum Gasteiger partial charge on any atom is 0.254 e. The minimum atomic E-state index is -0.305. The molecular formula is C31H29FN2O2S. The fraction of sp³-hybridized carbons (Fsp3) is 0.226. The summed E-state index contributed by atoms with van der Waals surface area (Å²) in [4.78, 5) is 31.9. The number of nitrogens with zero attached hydrogens (tertiary/aromatic N) is 2. The molecule has 1 unspecified atom stereocenters. The van der Waals surface area contributed by atoms with Gasteiger partial charge in [0.1, 0.15) is 12.4 Å². The van der Waals surface area contributed by atoms with Gasteiger partial charge in [-0.25, -0.2) is 4.39 Å². The van der Waals surface area contributed by atoms with Gasteiger partial charge in [-0.15, -0.1) is 11.3 Å². The third-order valence-corrected chi connectivity index (χ3v) is 7.81. The van der Waals surface area contributed by atoms with E-state index >= 15 is 0 Å². The van der Waals surface area contributed by atoms with Crippen LogP contribution in [0.2, 0.25) is 0 Å². The van der Waals surface area contributed by atoms with E-state index in [9.17, 15) is 14.0 Å². The number of rotatable bonds is 7. The second-order valence-electron chi connectivity index (χ2n) is 9.26. The van der Waals surface area contributed by atoms with E-state index < -0.39 is 0 Å². The Labute approximate surface area is 221 Å². The van der Waals surface area contributed by atoms with Crippen LogP contribution in [-0.2, 0) is 11.2 Å². The largest absolute Gasteiger partial charge is 0.330 e. The van der Waals surface area contributed by atoms with Crippen LogP contribution in [0.25, 0.3) is 11.1 Å². The molecule has 0 saturated carbocycles. The SMILES string of the molecule is CCCN(CC(=O)N1CCc2sccc2C1c1ccc(F)cc1)C(=O)c1ccc(-c2ccccc2)cc1. The van der Waals surface area contributed by atoms with Crippen LogP contribution in [0.15, 0.2) is 90.3 Å². The van der Waals surface area contributed by atoms with Crippen LogP contribution in [0, 0.1) is 5.82 Å². The number of benzene rings is 3. The Hall–Kier alpha value is -3.77. The van der Waals surface area contributed by atoms with E-state index in [1.54, 1.807) is 28.4 Å². The molecule has 1 aliphatic heterocycles. The first-order chi connectivity index (χ1) is 18.0. The van der Waals surface area contributed by atoms with Crippen molar-refractivity contribution in [1.29, 1.82) is 0 Å². The molecule has 1 atom stereocenters. The summed E-state index contributed by atoms with van der Waals surface area (Å²) in [7, 11) is 0. The lowest BCUT2D eigenvalue weighted by molar-refractivity contribution is -0.134. The van der Waals surface area contributed by atoms with Gasteiger partial charge in [0.15, 0.2) is 0 Å². The van der Waals surface area contributed by atoms with Gasteiger partial charge in [-0.2, -0.15) is 0 Å². The van der Waals surface area contributed by atoms with Crippen molar-refractivity contribution in [3.63, 3.8) is 0 Å². The van der Waals surface area contributed by atoms with Crippen molar-refractivity contribution in [1.82, 2.24) is 9.80 Å². The molecule has 1 aromatic heterocycles. The van der Waals surface area contributed by atoms with E-state index in [1.807, 2.05) is 71.8 Å². The normalized spacial score (nSPS) is 14.8. The Morgan fingerprint density at radius 2 is 1.65 bits per heavy atom. The van der Waals surface area contributed by atoms with Gasteiger partial charge < -0.3 is 9.80 Å². The van der Waals surface area contributed by atoms with Crippen LogP contribution in [0.5, 0.6) is 0 Å². The molecule has 3 aromatic carbocycles. The smallest absolute Gasteiger partial charge is 0.254 e. The van der Waals surface area contributed by atoms with E-state index in [0.29, 0.717) is 18.7 Å². The Morgan fingerprint density at radius 3 is 2.35 bits per heavy atom. The number of carbonyl (C=O) groups is 2. The second kappa shape index (κ2) is 11.1. The summed E-state index contributed by atoms with van der Waals surface area (Å²) in [6, 6.07) is 25.7. The quantitative estimate of drug-likeness (QED) is 0.281. The van der Waals surface area contributed by atoms with Gasteiger partial charge >= 0.3 is 0 Å². The van der Waals surface area contributed by atoms with Crippen LogP contribution in [-0.4, -0.2) is 41.2 Å². The molecule has 5 rings (SSSR count). The predicted molar refractivity (Wildman–Crippen MR) is 146 cm³/mol. The molecule has 4 nitrogen and oxygen atoms in total. The van der Waals surface area contributed by atoms with Crippen LogP contribution in [0.3, 0.4) is 0 Å². The summed E-state index contributed by atoms with van der Waals surface area (Å²) < 4.78 is 13.7. The Balaban J connectivity index is 1.37. The highest BCUT2D eigenvalue weighted by Crippen LogP contribution is 2.38. The van der Waals surface area contributed by atoms with Crippen LogP contribution < -0.4 is 0 Å². The minimum absolute atomic E-state index is 0.00424. The lowest BCUT2D eigenvalue weighted by Gasteiger charge is -2.37. The summed E-state index contributed by atoms with van der Waals surface area (Å²) >= 11 is 1.69. The monoisotopic (exact) mass is 512 g/mol. The van der Waals surface area contributed by atoms with Crippen LogP contribution in [0.1, 0.15) is 45.7 Å². The number of hydrogen-bond acceptors (Lipinski definition) is 3. The van der Waals surface area contributed by atoms with Crippen molar-refractivity contribution in [2.45, 2.75) is 25.8 Å². The first-order valence-electron chi connectivity index (χ1n) is 12.6. The van der Waals surface area contributed by atoms with Crippen molar-refractivity contribution in [3.8, 4) is 11.1 Å². The topological polar surface area (TPSA) is 40.6 Å². The van der Waals surface area contributed by atoms with Crippen molar-refractivity contribution >= 4 is 23.2 Å². The summed E-state index contributed by atoms with van der Waals surface area (Å²) in [6.45, 7) is 3.06. The van der Waals surface area contributed by atoms with Crippen molar-refractivity contribution in [3.05, 3.63) is 118 Å². The highest BCUT2D eigenvalue weighted by atomic mass is 32.1. The zero-order valence-electron chi connectivity index (χ0n) is 20.8. The molecule has 4 aromatic rings. The lowest BCUT2D eigenvalue weighted by atomic mass is 9.93. The first-order valence-corrected chi connectivity index (χ1v) is 13.5. The maximum absolute atomic E-state index is 13.7. The third-order valence-electron chi connectivity index (χ3n) is 6.82. The van der Waals surface area contributed by atoms with Gasteiger partial charge in [0, 0.05) is 23.5 Å². The third kappa shape index (κ3) is 5.35. The Kier molecular flexibility index (Phi) is 7.47. The van der Waals surface area contributed by atoms with Gasteiger partial charge in [0.05, 0.1) is 6.04 Å². The van der Waals surface area contributed by atoms with Gasteiger partial charge in [-0.1, -0.05) is 61.5 Å². The zero-order valence-corrected chi connectivity index (χ0v) is 21.6. The van der Waals surface area contributed by atoms with Crippen molar-refractivity contribution < 1.29 is 14.0 Å². The van der Waals surface area contributed by atoms with Gasteiger partial charge in [-0.05, 0) is 70.8 Å². The molecule has 1 aliphatic rings. The molecule has 0 radical (unpaired) electrons.